The van der Waals surface area contributed by atoms with Crippen LogP contribution in [0.1, 0.15) is 39.5 Å². The molecule has 0 saturated carbocycles. The van der Waals surface area contributed by atoms with E-state index in [0.717, 1.165) is 32.2 Å². The lowest BCUT2D eigenvalue weighted by atomic mass is 9.97. The van der Waals surface area contributed by atoms with Crippen LogP contribution in [0.5, 0.6) is 0 Å². The number of likely N-dealkylation sites (N-methyl/N-ethyl adjacent to an activating group) is 1. The van der Waals surface area contributed by atoms with Crippen LogP contribution in [0.15, 0.2) is 0 Å². The van der Waals surface area contributed by atoms with Crippen molar-refractivity contribution in [3.8, 4) is 0 Å². The van der Waals surface area contributed by atoms with Crippen molar-refractivity contribution in [1.29, 1.82) is 0 Å². The van der Waals surface area contributed by atoms with Crippen LogP contribution in [0.3, 0.4) is 0 Å². The third-order valence-corrected chi connectivity index (χ3v) is 3.85. The van der Waals surface area contributed by atoms with Gasteiger partial charge in [0.1, 0.15) is 6.04 Å². The van der Waals surface area contributed by atoms with Gasteiger partial charge in [-0.05, 0) is 32.4 Å². The molecule has 3 atom stereocenters. The van der Waals surface area contributed by atoms with E-state index < -0.39 is 12.0 Å². The van der Waals surface area contributed by atoms with Crippen LogP contribution in [0.2, 0.25) is 0 Å². The molecule has 0 spiro atoms. The Labute approximate surface area is 121 Å². The van der Waals surface area contributed by atoms with Crippen molar-refractivity contribution in [2.24, 2.45) is 5.92 Å². The number of hydrogen-bond donors (Lipinski definition) is 2. The van der Waals surface area contributed by atoms with Crippen LogP contribution < -0.4 is 5.32 Å². The summed E-state index contributed by atoms with van der Waals surface area (Å²) >= 11 is 0. The fourth-order valence-electron chi connectivity index (χ4n) is 2.34. The Kier molecular flexibility index (Phi) is 8.02. The average Bonchev–Trinajstić information content (AvgIpc) is 2.35. The minimum atomic E-state index is -0.948. The second kappa shape index (κ2) is 8.38. The van der Waals surface area contributed by atoms with Gasteiger partial charge in [-0.3, -0.25) is 9.69 Å². The molecule has 19 heavy (non-hydrogen) atoms. The maximum absolute atomic E-state index is 12.1. The van der Waals surface area contributed by atoms with E-state index in [1.807, 2.05) is 25.8 Å². The van der Waals surface area contributed by atoms with Crippen LogP contribution in [0.25, 0.3) is 0 Å². The second-order valence-corrected chi connectivity index (χ2v) is 5.20. The van der Waals surface area contributed by atoms with Gasteiger partial charge in [-0.2, -0.15) is 0 Å². The molecule has 1 rings (SSSR count). The average molecular weight is 293 g/mol. The third kappa shape index (κ3) is 4.99. The molecule has 0 aromatic heterocycles. The van der Waals surface area contributed by atoms with Gasteiger partial charge in [0, 0.05) is 0 Å². The second-order valence-electron chi connectivity index (χ2n) is 5.20. The predicted octanol–water partition coefficient (Wildman–Crippen LogP) is 1.51. The minimum absolute atomic E-state index is 0. The number of amides is 1. The van der Waals surface area contributed by atoms with Crippen LogP contribution in [0.4, 0.5) is 0 Å². The third-order valence-electron chi connectivity index (χ3n) is 3.85. The van der Waals surface area contributed by atoms with Crippen LogP contribution in [-0.4, -0.2) is 47.6 Å². The zero-order valence-corrected chi connectivity index (χ0v) is 12.7. The quantitative estimate of drug-likeness (QED) is 0.806. The van der Waals surface area contributed by atoms with E-state index in [0.29, 0.717) is 0 Å². The van der Waals surface area contributed by atoms with E-state index in [1.165, 1.54) is 0 Å². The lowest BCUT2D eigenvalue weighted by molar-refractivity contribution is -0.144. The van der Waals surface area contributed by atoms with Gasteiger partial charge in [-0.1, -0.05) is 26.7 Å². The van der Waals surface area contributed by atoms with E-state index in [-0.39, 0.29) is 30.3 Å². The fraction of sp³-hybridized carbons (Fsp3) is 0.846. The van der Waals surface area contributed by atoms with Gasteiger partial charge in [-0.25, -0.2) is 4.79 Å². The number of piperidine rings is 1. The molecule has 0 radical (unpaired) electrons. The molecule has 1 aliphatic rings. The number of carbonyl (C=O) groups is 2. The zero-order valence-electron chi connectivity index (χ0n) is 11.9. The standard InChI is InChI=1S/C13H24N2O3.ClH/c1-4-9(2)11(13(17)18)14-12(16)10-7-5-6-8-15(10)3;/h9-11H,4-8H2,1-3H3,(H,14,16)(H,17,18);1H/t9-,10+,11-;/m0./s1. The van der Waals surface area contributed by atoms with Crippen molar-refractivity contribution in [2.75, 3.05) is 13.6 Å². The smallest absolute Gasteiger partial charge is 0.326 e. The number of nitrogens with one attached hydrogen (secondary N) is 1. The normalized spacial score (nSPS) is 23.0. The van der Waals surface area contributed by atoms with Crippen molar-refractivity contribution in [1.82, 2.24) is 10.2 Å². The summed E-state index contributed by atoms with van der Waals surface area (Å²) in [6.07, 6.45) is 3.68. The Morgan fingerprint density at radius 3 is 2.53 bits per heavy atom. The van der Waals surface area contributed by atoms with E-state index >= 15 is 0 Å². The largest absolute Gasteiger partial charge is 0.480 e. The lowest BCUT2D eigenvalue weighted by Gasteiger charge is -2.32. The maximum Gasteiger partial charge on any atom is 0.326 e. The first kappa shape index (κ1) is 18.2. The number of nitrogens with zero attached hydrogens (tertiary/aromatic N) is 1. The highest BCUT2D eigenvalue weighted by Crippen LogP contribution is 2.16. The number of aliphatic carboxylic acids is 1. The maximum atomic E-state index is 12.1. The summed E-state index contributed by atoms with van der Waals surface area (Å²) in [5, 5.41) is 11.8. The highest BCUT2D eigenvalue weighted by atomic mass is 35.5. The Morgan fingerprint density at radius 2 is 2.05 bits per heavy atom. The number of carboxylic acid groups (broad SMARTS) is 1. The van der Waals surface area contributed by atoms with Crippen LogP contribution in [0, 0.1) is 5.92 Å². The zero-order chi connectivity index (χ0) is 13.7. The van der Waals surface area contributed by atoms with Gasteiger partial charge in [-0.15, -0.1) is 12.4 Å². The Bertz CT molecular complexity index is 312. The van der Waals surface area contributed by atoms with Crippen molar-refractivity contribution in [3.63, 3.8) is 0 Å². The molecule has 1 saturated heterocycles. The predicted molar refractivity (Wildman–Crippen MR) is 76.5 cm³/mol. The molecular formula is C13H25ClN2O3. The molecule has 0 aromatic rings. The lowest BCUT2D eigenvalue weighted by Crippen LogP contribution is -2.53. The van der Waals surface area contributed by atoms with Crippen molar-refractivity contribution < 1.29 is 14.7 Å². The van der Waals surface area contributed by atoms with Gasteiger partial charge in [0.05, 0.1) is 6.04 Å². The monoisotopic (exact) mass is 292 g/mol. The van der Waals surface area contributed by atoms with Gasteiger partial charge in [0.25, 0.3) is 0 Å². The Morgan fingerprint density at radius 1 is 1.42 bits per heavy atom. The van der Waals surface area contributed by atoms with Crippen LogP contribution >= 0.6 is 12.4 Å². The van der Waals surface area contributed by atoms with Gasteiger partial charge < -0.3 is 10.4 Å². The van der Waals surface area contributed by atoms with E-state index in [4.69, 9.17) is 5.11 Å². The molecule has 0 aliphatic carbocycles. The minimum Gasteiger partial charge on any atom is -0.480 e. The van der Waals surface area contributed by atoms with E-state index in [9.17, 15) is 9.59 Å². The Balaban J connectivity index is 0.00000324. The topological polar surface area (TPSA) is 69.6 Å². The number of hydrogen-bond acceptors (Lipinski definition) is 3. The molecule has 0 bridgehead atoms. The number of rotatable bonds is 5. The first-order valence-corrected chi connectivity index (χ1v) is 6.70. The molecule has 1 aliphatic heterocycles. The number of carboxylic acids is 1. The first-order valence-electron chi connectivity index (χ1n) is 6.70. The molecule has 6 heteroatoms. The van der Waals surface area contributed by atoms with E-state index in [1.54, 1.807) is 0 Å². The molecule has 5 nitrogen and oxygen atoms in total. The molecule has 1 amide bonds. The molecule has 0 unspecified atom stereocenters. The van der Waals surface area contributed by atoms with Crippen molar-refractivity contribution in [2.45, 2.75) is 51.6 Å². The molecule has 112 valence electrons. The Hall–Kier alpha value is -0.810. The van der Waals surface area contributed by atoms with Gasteiger partial charge in [0.2, 0.25) is 5.91 Å². The summed E-state index contributed by atoms with van der Waals surface area (Å²) in [6.45, 7) is 4.68. The molecule has 2 N–H and O–H groups in total. The van der Waals surface area contributed by atoms with Crippen molar-refractivity contribution >= 4 is 24.3 Å². The summed E-state index contributed by atoms with van der Waals surface area (Å²) in [5.74, 6) is -1.15. The summed E-state index contributed by atoms with van der Waals surface area (Å²) in [6, 6.07) is -0.956. The highest BCUT2D eigenvalue weighted by molar-refractivity contribution is 5.87. The molecule has 1 heterocycles. The summed E-state index contributed by atoms with van der Waals surface area (Å²) in [4.78, 5) is 25.3. The number of likely N-dealkylation sites (tertiary alicyclic amines) is 1. The van der Waals surface area contributed by atoms with Crippen LogP contribution in [-0.2, 0) is 9.59 Å². The number of carbonyl (C=O) groups excluding carboxylic acids is 1. The summed E-state index contributed by atoms with van der Waals surface area (Å²) < 4.78 is 0. The highest BCUT2D eigenvalue weighted by Gasteiger charge is 2.31. The van der Waals surface area contributed by atoms with Gasteiger partial charge >= 0.3 is 5.97 Å². The number of halogens is 1. The summed E-state index contributed by atoms with van der Waals surface area (Å²) in [5.41, 5.74) is 0. The summed E-state index contributed by atoms with van der Waals surface area (Å²) in [7, 11) is 1.92. The SMILES string of the molecule is CC[C@H](C)[C@H](NC(=O)[C@H]1CCCCN1C)C(=O)O.Cl. The van der Waals surface area contributed by atoms with E-state index in [2.05, 4.69) is 5.32 Å². The van der Waals surface area contributed by atoms with Gasteiger partial charge in [0.15, 0.2) is 0 Å². The molecular weight excluding hydrogens is 268 g/mol. The van der Waals surface area contributed by atoms with Crippen molar-refractivity contribution in [3.05, 3.63) is 0 Å². The fourth-order valence-corrected chi connectivity index (χ4v) is 2.34. The first-order chi connectivity index (χ1) is 8.47. The molecule has 1 fully saturated rings. The molecule has 0 aromatic carbocycles.